The molecule has 0 spiro atoms. The summed E-state index contributed by atoms with van der Waals surface area (Å²) in [6.07, 6.45) is 0. The van der Waals surface area contributed by atoms with E-state index in [9.17, 15) is 13.2 Å². The molecule has 1 aromatic rings. The standard InChI is InChI=1S/C13H18Cl2N2O3S/c1-13(2,3)16-12(18)8-17(4)21(19,20)9-5-6-10(14)11(15)7-9/h5-7H,8H2,1-4H3,(H,16,18). The molecule has 1 rings (SSSR count). The Morgan fingerprint density at radius 3 is 2.29 bits per heavy atom. The SMILES string of the molecule is CN(CC(=O)NC(C)(C)C)S(=O)(=O)c1ccc(Cl)c(Cl)c1. The summed E-state index contributed by atoms with van der Waals surface area (Å²) >= 11 is 11.6. The van der Waals surface area contributed by atoms with Gasteiger partial charge in [0.15, 0.2) is 0 Å². The highest BCUT2D eigenvalue weighted by Crippen LogP contribution is 2.26. The number of benzene rings is 1. The van der Waals surface area contributed by atoms with Crippen molar-refractivity contribution in [2.45, 2.75) is 31.2 Å². The zero-order valence-electron chi connectivity index (χ0n) is 12.3. The Kier molecular flexibility index (Phi) is 5.66. The fraction of sp³-hybridized carbons (Fsp3) is 0.462. The predicted octanol–water partition coefficient (Wildman–Crippen LogP) is 2.53. The molecule has 0 heterocycles. The third kappa shape index (κ3) is 5.14. The van der Waals surface area contributed by atoms with Crippen LogP contribution in [-0.4, -0.2) is 37.8 Å². The second-order valence-electron chi connectivity index (χ2n) is 5.64. The lowest BCUT2D eigenvalue weighted by Crippen LogP contribution is -2.46. The molecular weight excluding hydrogens is 335 g/mol. The van der Waals surface area contributed by atoms with Crippen LogP contribution in [0.5, 0.6) is 0 Å². The Morgan fingerprint density at radius 1 is 1.24 bits per heavy atom. The summed E-state index contributed by atoms with van der Waals surface area (Å²) in [5.74, 6) is -0.381. The molecule has 0 aromatic heterocycles. The highest BCUT2D eigenvalue weighted by Gasteiger charge is 2.25. The summed E-state index contributed by atoms with van der Waals surface area (Å²) < 4.78 is 25.6. The predicted molar refractivity (Wildman–Crippen MR) is 84.2 cm³/mol. The minimum absolute atomic E-state index is 0.0111. The van der Waals surface area contributed by atoms with Gasteiger partial charge in [0, 0.05) is 12.6 Å². The monoisotopic (exact) mass is 352 g/mol. The number of carbonyl (C=O) groups excluding carboxylic acids is 1. The molecule has 1 amide bonds. The van der Waals surface area contributed by atoms with Crippen LogP contribution in [0, 0.1) is 0 Å². The summed E-state index contributed by atoms with van der Waals surface area (Å²) in [5, 5.41) is 3.11. The van der Waals surface area contributed by atoms with Crippen LogP contribution in [0.2, 0.25) is 10.0 Å². The molecule has 0 saturated heterocycles. The van der Waals surface area contributed by atoms with Crippen molar-refractivity contribution in [1.29, 1.82) is 0 Å². The van der Waals surface area contributed by atoms with Gasteiger partial charge < -0.3 is 5.32 Å². The first kappa shape index (κ1) is 18.2. The van der Waals surface area contributed by atoms with Crippen molar-refractivity contribution in [3.05, 3.63) is 28.2 Å². The maximum absolute atomic E-state index is 12.3. The van der Waals surface area contributed by atoms with Gasteiger partial charge in [0.2, 0.25) is 15.9 Å². The summed E-state index contributed by atoms with van der Waals surface area (Å²) in [4.78, 5) is 11.8. The Balaban J connectivity index is 2.92. The largest absolute Gasteiger partial charge is 0.350 e. The number of nitrogens with one attached hydrogen (secondary N) is 1. The van der Waals surface area contributed by atoms with Crippen molar-refractivity contribution < 1.29 is 13.2 Å². The molecule has 118 valence electrons. The van der Waals surface area contributed by atoms with Crippen LogP contribution in [0.1, 0.15) is 20.8 Å². The van der Waals surface area contributed by atoms with E-state index in [0.717, 1.165) is 4.31 Å². The van der Waals surface area contributed by atoms with Crippen molar-refractivity contribution in [3.8, 4) is 0 Å². The molecule has 0 aliphatic carbocycles. The van der Waals surface area contributed by atoms with Gasteiger partial charge in [-0.3, -0.25) is 4.79 Å². The molecule has 0 aliphatic rings. The van der Waals surface area contributed by atoms with E-state index in [2.05, 4.69) is 5.32 Å². The van der Waals surface area contributed by atoms with Gasteiger partial charge >= 0.3 is 0 Å². The second-order valence-corrected chi connectivity index (χ2v) is 8.49. The first-order valence-electron chi connectivity index (χ1n) is 6.16. The van der Waals surface area contributed by atoms with Crippen molar-refractivity contribution in [3.63, 3.8) is 0 Å². The summed E-state index contributed by atoms with van der Waals surface area (Å²) in [6, 6.07) is 4.01. The molecule has 0 bridgehead atoms. The third-order valence-corrected chi connectivity index (χ3v) is 5.02. The molecule has 0 unspecified atom stereocenters. The molecule has 1 N–H and O–H groups in total. The van der Waals surface area contributed by atoms with Crippen LogP contribution < -0.4 is 5.32 Å². The lowest BCUT2D eigenvalue weighted by atomic mass is 10.1. The third-order valence-electron chi connectivity index (χ3n) is 2.48. The van der Waals surface area contributed by atoms with Gasteiger partial charge in [0.25, 0.3) is 0 Å². The minimum atomic E-state index is -3.80. The average molecular weight is 353 g/mol. The zero-order chi connectivity index (χ0) is 16.4. The maximum Gasteiger partial charge on any atom is 0.243 e. The fourth-order valence-corrected chi connectivity index (χ4v) is 3.08. The lowest BCUT2D eigenvalue weighted by molar-refractivity contribution is -0.122. The van der Waals surface area contributed by atoms with E-state index >= 15 is 0 Å². The maximum atomic E-state index is 12.3. The van der Waals surface area contributed by atoms with Crippen LogP contribution in [0.25, 0.3) is 0 Å². The summed E-state index contributed by atoms with van der Waals surface area (Å²) in [6.45, 7) is 5.18. The topological polar surface area (TPSA) is 66.5 Å². The number of hydrogen-bond donors (Lipinski definition) is 1. The molecule has 0 saturated carbocycles. The number of sulfonamides is 1. The average Bonchev–Trinajstić information content (AvgIpc) is 2.29. The number of nitrogens with zero attached hydrogens (tertiary/aromatic N) is 1. The number of carbonyl (C=O) groups is 1. The molecular formula is C13H18Cl2N2O3S. The molecule has 0 aliphatic heterocycles. The normalized spacial score (nSPS) is 12.5. The molecule has 0 fully saturated rings. The Morgan fingerprint density at radius 2 is 1.81 bits per heavy atom. The van der Waals surface area contributed by atoms with Crippen molar-refractivity contribution >= 4 is 39.1 Å². The molecule has 5 nitrogen and oxygen atoms in total. The van der Waals surface area contributed by atoms with Gasteiger partial charge in [0.05, 0.1) is 21.5 Å². The lowest BCUT2D eigenvalue weighted by Gasteiger charge is -2.23. The molecule has 0 radical (unpaired) electrons. The van der Waals surface area contributed by atoms with E-state index in [1.807, 2.05) is 20.8 Å². The van der Waals surface area contributed by atoms with Crippen LogP contribution in [-0.2, 0) is 14.8 Å². The smallest absolute Gasteiger partial charge is 0.243 e. The van der Waals surface area contributed by atoms with Crippen LogP contribution >= 0.6 is 23.2 Å². The number of amides is 1. The first-order chi connectivity index (χ1) is 9.43. The Labute approximate surface area is 135 Å². The summed E-state index contributed by atoms with van der Waals surface area (Å²) in [5.41, 5.74) is -0.425. The zero-order valence-corrected chi connectivity index (χ0v) is 14.6. The van der Waals surface area contributed by atoms with Crippen molar-refractivity contribution in [2.24, 2.45) is 0 Å². The first-order valence-corrected chi connectivity index (χ1v) is 8.35. The quantitative estimate of drug-likeness (QED) is 0.905. The van der Waals surface area contributed by atoms with Gasteiger partial charge in [-0.05, 0) is 39.0 Å². The minimum Gasteiger partial charge on any atom is -0.350 e. The number of likely N-dealkylation sites (N-methyl/N-ethyl adjacent to an activating group) is 1. The van der Waals surface area contributed by atoms with Gasteiger partial charge in [-0.2, -0.15) is 4.31 Å². The molecule has 1 aromatic carbocycles. The van der Waals surface area contributed by atoms with E-state index in [1.165, 1.54) is 25.2 Å². The van der Waals surface area contributed by atoms with Crippen LogP contribution in [0.3, 0.4) is 0 Å². The van der Waals surface area contributed by atoms with Gasteiger partial charge in [-0.1, -0.05) is 23.2 Å². The number of halogens is 2. The number of rotatable bonds is 4. The van der Waals surface area contributed by atoms with Gasteiger partial charge in [-0.25, -0.2) is 8.42 Å². The van der Waals surface area contributed by atoms with Crippen LogP contribution in [0.15, 0.2) is 23.1 Å². The van der Waals surface area contributed by atoms with E-state index in [4.69, 9.17) is 23.2 Å². The van der Waals surface area contributed by atoms with E-state index < -0.39 is 15.6 Å². The van der Waals surface area contributed by atoms with Gasteiger partial charge in [0.1, 0.15) is 0 Å². The highest BCUT2D eigenvalue weighted by atomic mass is 35.5. The Bertz CT molecular complexity index is 639. The Hall–Kier alpha value is -0.820. The van der Waals surface area contributed by atoms with E-state index in [1.54, 1.807) is 0 Å². The van der Waals surface area contributed by atoms with Crippen molar-refractivity contribution in [2.75, 3.05) is 13.6 Å². The summed E-state index contributed by atoms with van der Waals surface area (Å²) in [7, 11) is -2.47. The molecule has 21 heavy (non-hydrogen) atoms. The van der Waals surface area contributed by atoms with Crippen molar-refractivity contribution in [1.82, 2.24) is 9.62 Å². The van der Waals surface area contributed by atoms with E-state index in [-0.39, 0.29) is 27.4 Å². The van der Waals surface area contributed by atoms with Crippen LogP contribution in [0.4, 0.5) is 0 Å². The fourth-order valence-electron chi connectivity index (χ4n) is 1.56. The molecule has 8 heteroatoms. The van der Waals surface area contributed by atoms with Gasteiger partial charge in [-0.15, -0.1) is 0 Å². The highest BCUT2D eigenvalue weighted by molar-refractivity contribution is 7.89. The molecule has 0 atom stereocenters. The number of hydrogen-bond acceptors (Lipinski definition) is 3. The second kappa shape index (κ2) is 6.52. The van der Waals surface area contributed by atoms with E-state index in [0.29, 0.717) is 0 Å².